The molecule has 1 saturated heterocycles. The second-order valence-electron chi connectivity index (χ2n) is 7.79. The topological polar surface area (TPSA) is 41.9 Å². The van der Waals surface area contributed by atoms with Crippen molar-refractivity contribution in [3.05, 3.63) is 71.8 Å². The third-order valence-corrected chi connectivity index (χ3v) is 5.43. The highest BCUT2D eigenvalue weighted by atomic mass is 19.4. The second kappa shape index (κ2) is 8.15. The first-order valence-electron chi connectivity index (χ1n) is 9.86. The molecule has 1 aliphatic rings. The largest absolute Gasteiger partial charge is 0.457 e. The van der Waals surface area contributed by atoms with Crippen molar-refractivity contribution in [2.24, 2.45) is 10.9 Å². The Morgan fingerprint density at radius 1 is 1.06 bits per heavy atom. The van der Waals surface area contributed by atoms with E-state index >= 15 is 0 Å². The molecule has 0 bridgehead atoms. The van der Waals surface area contributed by atoms with Gasteiger partial charge in [-0.2, -0.15) is 13.2 Å². The zero-order valence-electron chi connectivity index (χ0n) is 17.1. The lowest BCUT2D eigenvalue weighted by Gasteiger charge is -2.35. The van der Waals surface area contributed by atoms with Gasteiger partial charge in [-0.25, -0.2) is 4.99 Å². The van der Waals surface area contributed by atoms with E-state index in [-0.39, 0.29) is 5.91 Å². The number of fused-ring (bicyclic) bond motifs is 1. The summed E-state index contributed by atoms with van der Waals surface area (Å²) < 4.78 is 44.0. The van der Waals surface area contributed by atoms with Gasteiger partial charge in [0.05, 0.1) is 5.56 Å². The molecule has 0 aliphatic carbocycles. The summed E-state index contributed by atoms with van der Waals surface area (Å²) in [4.78, 5) is 19.0. The Balaban J connectivity index is 1.55. The number of carbonyl (C=O) groups excluding carboxylic acids is 1. The molecule has 1 heterocycles. The van der Waals surface area contributed by atoms with Gasteiger partial charge in [0.15, 0.2) is 0 Å². The summed E-state index contributed by atoms with van der Waals surface area (Å²) in [5.74, 6) is 0.820. The normalized spacial score (nSPS) is 15.7. The third-order valence-electron chi connectivity index (χ3n) is 5.43. The summed E-state index contributed by atoms with van der Waals surface area (Å²) >= 11 is 0. The van der Waals surface area contributed by atoms with Gasteiger partial charge < -0.3 is 9.64 Å². The maximum Gasteiger partial charge on any atom is 0.416 e. The van der Waals surface area contributed by atoms with Crippen molar-refractivity contribution < 1.29 is 22.7 Å². The molecule has 4 nitrogen and oxygen atoms in total. The molecule has 1 fully saturated rings. The highest BCUT2D eigenvalue weighted by Gasteiger charge is 2.30. The molecule has 0 saturated carbocycles. The first-order valence-corrected chi connectivity index (χ1v) is 9.86. The molecular weight excluding hydrogens is 405 g/mol. The van der Waals surface area contributed by atoms with Crippen molar-refractivity contribution in [2.45, 2.75) is 13.1 Å². The number of ether oxygens (including phenoxy) is 1. The number of alkyl halides is 3. The van der Waals surface area contributed by atoms with Gasteiger partial charge in [0.1, 0.15) is 11.5 Å². The number of hydrogen-bond donors (Lipinski definition) is 0. The summed E-state index contributed by atoms with van der Waals surface area (Å²) in [5.41, 5.74) is 0.583. The van der Waals surface area contributed by atoms with E-state index in [1.165, 1.54) is 12.1 Å². The summed E-state index contributed by atoms with van der Waals surface area (Å²) in [5, 5.41) is 1.53. The van der Waals surface area contributed by atoms with Crippen LogP contribution in [0.2, 0.25) is 0 Å². The number of rotatable bonds is 4. The summed E-state index contributed by atoms with van der Waals surface area (Å²) in [7, 11) is 2.03. The van der Waals surface area contributed by atoms with Crippen molar-refractivity contribution in [1.29, 1.82) is 0 Å². The van der Waals surface area contributed by atoms with E-state index in [0.717, 1.165) is 41.7 Å². The third kappa shape index (κ3) is 4.61. The Kier molecular flexibility index (Phi) is 5.54. The molecule has 0 radical (unpaired) electrons. The van der Waals surface area contributed by atoms with Crippen LogP contribution in [-0.2, 0) is 6.18 Å². The van der Waals surface area contributed by atoms with Crippen LogP contribution in [0.4, 0.5) is 13.2 Å². The highest BCUT2D eigenvalue weighted by molar-refractivity contribution is 6.06. The molecule has 0 unspecified atom stereocenters. The quantitative estimate of drug-likeness (QED) is 0.494. The van der Waals surface area contributed by atoms with E-state index in [2.05, 4.69) is 9.89 Å². The lowest BCUT2D eigenvalue weighted by Crippen LogP contribution is -2.47. The van der Waals surface area contributed by atoms with Crippen molar-refractivity contribution in [3.63, 3.8) is 0 Å². The zero-order chi connectivity index (χ0) is 22.2. The molecule has 0 atom stereocenters. The monoisotopic (exact) mass is 426 g/mol. The Labute approximate surface area is 178 Å². The average molecular weight is 426 g/mol. The molecule has 31 heavy (non-hydrogen) atoms. The molecule has 160 valence electrons. The molecule has 7 heteroatoms. The van der Waals surface area contributed by atoms with E-state index in [0.29, 0.717) is 23.0 Å². The van der Waals surface area contributed by atoms with Gasteiger partial charge in [0.2, 0.25) is 0 Å². The van der Waals surface area contributed by atoms with E-state index in [4.69, 9.17) is 4.74 Å². The van der Waals surface area contributed by atoms with Crippen LogP contribution in [0.5, 0.6) is 11.5 Å². The summed E-state index contributed by atoms with van der Waals surface area (Å²) in [6, 6.07) is 15.1. The fourth-order valence-corrected chi connectivity index (χ4v) is 3.59. The number of benzene rings is 3. The van der Waals surface area contributed by atoms with Crippen LogP contribution in [0.15, 0.2) is 65.7 Å². The standard InChI is InChI=1S/C24H21F3N2O2/c1-15(18-13-29(2)14-18)28-23(30)17-6-11-21-16(12-17)4-3-5-22(21)31-20-9-7-19(8-10-20)24(25,26)27/h3-12,18H,13-14H2,1-2H3. The molecule has 1 amide bonds. The molecule has 1 aliphatic heterocycles. The minimum atomic E-state index is -4.39. The van der Waals surface area contributed by atoms with E-state index < -0.39 is 11.7 Å². The van der Waals surface area contributed by atoms with Crippen LogP contribution in [0.1, 0.15) is 22.8 Å². The molecule has 4 rings (SSSR count). The van der Waals surface area contributed by atoms with Crippen LogP contribution in [0.25, 0.3) is 10.8 Å². The predicted molar refractivity (Wildman–Crippen MR) is 114 cm³/mol. The fraction of sp³-hybridized carbons (Fsp3) is 0.250. The highest BCUT2D eigenvalue weighted by Crippen LogP contribution is 2.34. The Morgan fingerprint density at radius 2 is 1.77 bits per heavy atom. The Bertz CT molecular complexity index is 1150. The van der Waals surface area contributed by atoms with Crippen LogP contribution >= 0.6 is 0 Å². The zero-order valence-corrected chi connectivity index (χ0v) is 17.1. The average Bonchev–Trinajstić information content (AvgIpc) is 2.71. The van der Waals surface area contributed by atoms with Crippen molar-refractivity contribution in [1.82, 2.24) is 4.90 Å². The summed E-state index contributed by atoms with van der Waals surface area (Å²) in [6.07, 6.45) is -4.39. The first-order chi connectivity index (χ1) is 14.7. The van der Waals surface area contributed by atoms with Gasteiger partial charge in [-0.15, -0.1) is 0 Å². The van der Waals surface area contributed by atoms with Gasteiger partial charge in [-0.3, -0.25) is 4.79 Å². The molecular formula is C24H21F3N2O2. The molecule has 0 N–H and O–H groups in total. The summed E-state index contributed by atoms with van der Waals surface area (Å²) in [6.45, 7) is 3.70. The number of nitrogens with zero attached hydrogens (tertiary/aromatic N) is 2. The van der Waals surface area contributed by atoms with Crippen molar-refractivity contribution >= 4 is 22.4 Å². The van der Waals surface area contributed by atoms with Gasteiger partial charge in [-0.05, 0) is 67.9 Å². The number of halogens is 3. The molecule has 3 aromatic rings. The number of amides is 1. The Morgan fingerprint density at radius 3 is 2.42 bits per heavy atom. The van der Waals surface area contributed by atoms with Gasteiger partial charge in [0.25, 0.3) is 5.91 Å². The van der Waals surface area contributed by atoms with Gasteiger partial charge in [0, 0.05) is 35.7 Å². The molecule has 3 aromatic carbocycles. The van der Waals surface area contributed by atoms with E-state index in [9.17, 15) is 18.0 Å². The minimum Gasteiger partial charge on any atom is -0.457 e. The molecule has 0 aromatic heterocycles. The lowest BCUT2D eigenvalue weighted by atomic mass is 9.96. The van der Waals surface area contributed by atoms with Crippen LogP contribution < -0.4 is 4.74 Å². The minimum absolute atomic E-state index is 0.289. The number of likely N-dealkylation sites (tertiary alicyclic amines) is 1. The fourth-order valence-electron chi connectivity index (χ4n) is 3.59. The predicted octanol–water partition coefficient (Wildman–Crippen LogP) is 5.81. The van der Waals surface area contributed by atoms with Crippen LogP contribution in [0.3, 0.4) is 0 Å². The number of hydrogen-bond acceptors (Lipinski definition) is 3. The number of carbonyl (C=O) groups is 1. The van der Waals surface area contributed by atoms with Crippen molar-refractivity contribution in [2.75, 3.05) is 20.1 Å². The van der Waals surface area contributed by atoms with Crippen LogP contribution in [-0.4, -0.2) is 36.7 Å². The second-order valence-corrected chi connectivity index (χ2v) is 7.79. The first kappa shape index (κ1) is 21.1. The SMILES string of the molecule is CC(=NC(=O)c1ccc2c(Oc3ccc(C(F)(F)F)cc3)cccc2c1)C1CN(C)C1. The maximum atomic E-state index is 12.7. The van der Waals surface area contributed by atoms with Crippen molar-refractivity contribution in [3.8, 4) is 11.5 Å². The smallest absolute Gasteiger partial charge is 0.416 e. The van der Waals surface area contributed by atoms with E-state index in [1.807, 2.05) is 20.0 Å². The van der Waals surface area contributed by atoms with Crippen LogP contribution in [0, 0.1) is 5.92 Å². The Hall–Kier alpha value is -3.19. The maximum absolute atomic E-state index is 12.7. The van der Waals surface area contributed by atoms with Gasteiger partial charge >= 0.3 is 6.18 Å². The van der Waals surface area contributed by atoms with E-state index in [1.54, 1.807) is 30.3 Å². The van der Waals surface area contributed by atoms with Gasteiger partial charge in [-0.1, -0.05) is 12.1 Å². The number of aliphatic imine (C=N–C) groups is 1. The molecule has 0 spiro atoms. The lowest BCUT2D eigenvalue weighted by molar-refractivity contribution is -0.137.